The van der Waals surface area contributed by atoms with E-state index in [4.69, 9.17) is 18.9 Å². The lowest BCUT2D eigenvalue weighted by Gasteiger charge is -2.39. The molecular formula is C56H110O9. The van der Waals surface area contributed by atoms with E-state index in [1.54, 1.807) is 0 Å². The lowest BCUT2D eigenvalue weighted by atomic mass is 9.99. The van der Waals surface area contributed by atoms with E-state index < -0.39 is 43.4 Å². The van der Waals surface area contributed by atoms with Gasteiger partial charge >= 0.3 is 5.97 Å². The van der Waals surface area contributed by atoms with Gasteiger partial charge in [-0.15, -0.1) is 0 Å². The van der Waals surface area contributed by atoms with Crippen molar-refractivity contribution in [2.45, 2.75) is 327 Å². The standard InChI is InChI=1S/C56H110O9/c1-3-5-7-9-11-13-15-17-19-21-22-23-24-25-26-27-28-29-31-33-35-37-39-41-43-45-52(58)64-50(49-63-56-55(61)54(60)53(59)51(47-57)65-56)48-62-46-44-42-40-38-36-34-32-30-20-18-16-14-12-10-8-6-4-2/h50-51,53-57,59-61H,3-49H2,1-2H3. The fraction of sp³-hybridized carbons (Fsp3) is 0.982. The van der Waals surface area contributed by atoms with E-state index in [1.807, 2.05) is 0 Å². The molecule has 0 radical (unpaired) electrons. The van der Waals surface area contributed by atoms with Crippen molar-refractivity contribution in [3.63, 3.8) is 0 Å². The number of esters is 1. The summed E-state index contributed by atoms with van der Waals surface area (Å²) in [5, 5.41) is 40.3. The number of carbonyl (C=O) groups excluding carboxylic acids is 1. The van der Waals surface area contributed by atoms with Crippen LogP contribution in [0.25, 0.3) is 0 Å². The van der Waals surface area contributed by atoms with Crippen LogP contribution < -0.4 is 0 Å². The van der Waals surface area contributed by atoms with Gasteiger partial charge in [0.25, 0.3) is 0 Å². The highest BCUT2D eigenvalue weighted by molar-refractivity contribution is 5.69. The Morgan fingerprint density at radius 3 is 1.09 bits per heavy atom. The van der Waals surface area contributed by atoms with Crippen molar-refractivity contribution in [1.29, 1.82) is 0 Å². The molecule has 0 saturated carbocycles. The maximum atomic E-state index is 12.9. The van der Waals surface area contributed by atoms with E-state index >= 15 is 0 Å². The van der Waals surface area contributed by atoms with E-state index in [-0.39, 0.29) is 19.2 Å². The number of ether oxygens (including phenoxy) is 4. The second-order valence-electron chi connectivity index (χ2n) is 20.1. The molecule has 0 spiro atoms. The van der Waals surface area contributed by atoms with Gasteiger partial charge in [0.15, 0.2) is 6.29 Å². The molecule has 9 heteroatoms. The van der Waals surface area contributed by atoms with Crippen LogP contribution in [-0.2, 0) is 23.7 Å². The Hall–Kier alpha value is -0.810. The molecule has 1 rings (SSSR count). The Kier molecular flexibility index (Phi) is 46.1. The number of rotatable bonds is 51. The van der Waals surface area contributed by atoms with Crippen molar-refractivity contribution in [2.75, 3.05) is 26.4 Å². The maximum Gasteiger partial charge on any atom is 0.306 e. The SMILES string of the molecule is CCCCCCCCCCCCCCCCCCCCCCCCCCCC(=O)OC(COCCCCCCCCCCCCCCCCCCC)COC1OC(CO)C(O)C(O)C1O. The Labute approximate surface area is 402 Å². The molecule has 1 saturated heterocycles. The summed E-state index contributed by atoms with van der Waals surface area (Å²) in [7, 11) is 0. The third kappa shape index (κ3) is 38.7. The van der Waals surface area contributed by atoms with Gasteiger partial charge in [-0.1, -0.05) is 271 Å². The fourth-order valence-corrected chi connectivity index (χ4v) is 9.32. The third-order valence-corrected chi connectivity index (χ3v) is 13.8. The molecular weight excluding hydrogens is 817 g/mol. The zero-order valence-corrected chi connectivity index (χ0v) is 43.0. The molecule has 0 aliphatic carbocycles. The lowest BCUT2D eigenvalue weighted by Crippen LogP contribution is -2.59. The number of aliphatic hydroxyl groups is 4. The molecule has 6 unspecified atom stereocenters. The summed E-state index contributed by atoms with van der Waals surface area (Å²) < 4.78 is 23.0. The summed E-state index contributed by atoms with van der Waals surface area (Å²) in [6.45, 7) is 4.64. The van der Waals surface area contributed by atoms with Gasteiger partial charge in [-0.05, 0) is 12.8 Å². The number of carbonyl (C=O) groups is 1. The van der Waals surface area contributed by atoms with Gasteiger partial charge in [0.2, 0.25) is 0 Å². The van der Waals surface area contributed by atoms with Crippen molar-refractivity contribution < 1.29 is 44.2 Å². The topological polar surface area (TPSA) is 135 Å². The van der Waals surface area contributed by atoms with Crippen LogP contribution in [-0.4, -0.2) is 89.6 Å². The van der Waals surface area contributed by atoms with Gasteiger partial charge in [-0.3, -0.25) is 4.79 Å². The summed E-state index contributed by atoms with van der Waals surface area (Å²) in [5.74, 6) is -0.303. The first-order valence-corrected chi connectivity index (χ1v) is 28.6. The normalized spacial score (nSPS) is 19.3. The van der Waals surface area contributed by atoms with Gasteiger partial charge in [0, 0.05) is 13.0 Å². The van der Waals surface area contributed by atoms with E-state index in [0.717, 1.165) is 32.1 Å². The van der Waals surface area contributed by atoms with Crippen molar-refractivity contribution in [3.05, 3.63) is 0 Å². The highest BCUT2D eigenvalue weighted by atomic mass is 16.7. The van der Waals surface area contributed by atoms with E-state index in [1.165, 1.54) is 238 Å². The van der Waals surface area contributed by atoms with E-state index in [0.29, 0.717) is 13.0 Å². The first kappa shape index (κ1) is 62.2. The third-order valence-electron chi connectivity index (χ3n) is 13.8. The second kappa shape index (κ2) is 48.2. The largest absolute Gasteiger partial charge is 0.457 e. The highest BCUT2D eigenvalue weighted by Crippen LogP contribution is 2.23. The van der Waals surface area contributed by atoms with Crippen molar-refractivity contribution >= 4 is 5.97 Å². The number of hydrogen-bond donors (Lipinski definition) is 4. The molecule has 65 heavy (non-hydrogen) atoms. The van der Waals surface area contributed by atoms with Crippen LogP contribution in [0.4, 0.5) is 0 Å². The average Bonchev–Trinajstić information content (AvgIpc) is 3.31. The molecule has 0 amide bonds. The molecule has 4 N–H and O–H groups in total. The zero-order chi connectivity index (χ0) is 47.1. The predicted octanol–water partition coefficient (Wildman–Crippen LogP) is 14.5. The molecule has 0 aromatic rings. The fourth-order valence-electron chi connectivity index (χ4n) is 9.32. The minimum atomic E-state index is -1.53. The van der Waals surface area contributed by atoms with E-state index in [9.17, 15) is 25.2 Å². The van der Waals surface area contributed by atoms with Gasteiger partial charge in [0.1, 0.15) is 30.5 Å². The minimum absolute atomic E-state index is 0.104. The molecule has 1 aliphatic rings. The molecule has 6 atom stereocenters. The summed E-state index contributed by atoms with van der Waals surface area (Å²) in [6, 6.07) is 0. The van der Waals surface area contributed by atoms with Crippen LogP contribution in [0, 0.1) is 0 Å². The van der Waals surface area contributed by atoms with E-state index in [2.05, 4.69) is 13.8 Å². The first-order chi connectivity index (χ1) is 31.9. The summed E-state index contributed by atoms with van der Waals surface area (Å²) in [6.07, 6.45) is 48.7. The van der Waals surface area contributed by atoms with Crippen LogP contribution in [0.1, 0.15) is 290 Å². The Bertz CT molecular complexity index is 966. The molecule has 1 heterocycles. The molecule has 0 bridgehead atoms. The van der Waals surface area contributed by atoms with Gasteiger partial charge < -0.3 is 39.4 Å². The molecule has 1 aliphatic heterocycles. The van der Waals surface area contributed by atoms with Crippen LogP contribution >= 0.6 is 0 Å². The van der Waals surface area contributed by atoms with Crippen molar-refractivity contribution in [2.24, 2.45) is 0 Å². The minimum Gasteiger partial charge on any atom is -0.457 e. The van der Waals surface area contributed by atoms with Gasteiger partial charge in [-0.25, -0.2) is 0 Å². The van der Waals surface area contributed by atoms with Crippen LogP contribution in [0.3, 0.4) is 0 Å². The average molecular weight is 927 g/mol. The Morgan fingerprint density at radius 2 is 0.754 bits per heavy atom. The lowest BCUT2D eigenvalue weighted by molar-refractivity contribution is -0.305. The van der Waals surface area contributed by atoms with Crippen molar-refractivity contribution in [3.8, 4) is 0 Å². The van der Waals surface area contributed by atoms with Gasteiger partial charge in [0.05, 0.1) is 19.8 Å². The molecule has 9 nitrogen and oxygen atoms in total. The van der Waals surface area contributed by atoms with Crippen LogP contribution in [0.2, 0.25) is 0 Å². The smallest absolute Gasteiger partial charge is 0.306 e. The van der Waals surface area contributed by atoms with Crippen LogP contribution in [0.5, 0.6) is 0 Å². The van der Waals surface area contributed by atoms with Crippen LogP contribution in [0.15, 0.2) is 0 Å². The molecule has 0 aromatic carbocycles. The second-order valence-corrected chi connectivity index (χ2v) is 20.1. The number of unbranched alkanes of at least 4 members (excludes halogenated alkanes) is 40. The van der Waals surface area contributed by atoms with Gasteiger partial charge in [-0.2, -0.15) is 0 Å². The summed E-state index contributed by atoms with van der Waals surface area (Å²) in [4.78, 5) is 12.9. The summed E-state index contributed by atoms with van der Waals surface area (Å²) >= 11 is 0. The number of aliphatic hydroxyl groups excluding tert-OH is 4. The molecule has 388 valence electrons. The Balaban J connectivity index is 2.12. The zero-order valence-electron chi connectivity index (χ0n) is 43.0. The Morgan fingerprint density at radius 1 is 0.431 bits per heavy atom. The predicted molar refractivity (Wildman–Crippen MR) is 270 cm³/mol. The summed E-state index contributed by atoms with van der Waals surface area (Å²) in [5.41, 5.74) is 0. The quantitative estimate of drug-likeness (QED) is 0.0347. The maximum absolute atomic E-state index is 12.9. The highest BCUT2D eigenvalue weighted by Gasteiger charge is 2.44. The van der Waals surface area contributed by atoms with Crippen molar-refractivity contribution in [1.82, 2.24) is 0 Å². The first-order valence-electron chi connectivity index (χ1n) is 28.6. The number of hydrogen-bond acceptors (Lipinski definition) is 9. The monoisotopic (exact) mass is 927 g/mol. The molecule has 0 aromatic heterocycles. The molecule has 1 fully saturated rings.